The van der Waals surface area contributed by atoms with Gasteiger partial charge in [-0.3, -0.25) is 4.79 Å². The summed E-state index contributed by atoms with van der Waals surface area (Å²) in [5.41, 5.74) is 3.62. The lowest BCUT2D eigenvalue weighted by Gasteiger charge is -2.43. The second-order valence-electron chi connectivity index (χ2n) is 5.86. The Labute approximate surface area is 114 Å². The largest absolute Gasteiger partial charge is 0.508 e. The van der Waals surface area contributed by atoms with E-state index in [1.165, 1.54) is 16.7 Å². The number of ketones is 1. The summed E-state index contributed by atoms with van der Waals surface area (Å²) in [7, 11) is 0. The quantitative estimate of drug-likeness (QED) is 0.875. The Kier molecular flexibility index (Phi) is 2.77. The van der Waals surface area contributed by atoms with Gasteiger partial charge >= 0.3 is 0 Å². The zero-order chi connectivity index (χ0) is 13.6. The van der Waals surface area contributed by atoms with Crippen LogP contribution in [0.1, 0.15) is 44.2 Å². The number of phenolic OH excluding ortho intramolecular Hbond substituents is 1. The predicted octanol–water partition coefficient (Wildman–Crippen LogP) is 3.73. The molecule has 19 heavy (non-hydrogen) atoms. The molecule has 2 unspecified atom stereocenters. The van der Waals surface area contributed by atoms with Gasteiger partial charge in [-0.15, -0.1) is 0 Å². The number of hydrogen-bond acceptors (Lipinski definition) is 2. The molecule has 0 aliphatic heterocycles. The average molecular weight is 256 g/mol. The Balaban J connectivity index is 2.21. The summed E-state index contributed by atoms with van der Waals surface area (Å²) >= 11 is 0. The van der Waals surface area contributed by atoms with Gasteiger partial charge in [0.2, 0.25) is 0 Å². The maximum absolute atomic E-state index is 12.0. The summed E-state index contributed by atoms with van der Waals surface area (Å²) in [6.07, 6.45) is 5.58. The van der Waals surface area contributed by atoms with Crippen LogP contribution in [0.15, 0.2) is 24.3 Å². The van der Waals surface area contributed by atoms with Crippen LogP contribution in [0.3, 0.4) is 0 Å². The lowest BCUT2D eigenvalue weighted by molar-refractivity contribution is -0.115. The molecule has 2 heteroatoms. The highest BCUT2D eigenvalue weighted by Crippen LogP contribution is 2.57. The normalized spacial score (nSPS) is 28.8. The van der Waals surface area contributed by atoms with E-state index < -0.39 is 0 Å². The maximum Gasteiger partial charge on any atom is 0.156 e. The monoisotopic (exact) mass is 256 g/mol. The van der Waals surface area contributed by atoms with Crippen LogP contribution >= 0.6 is 0 Å². The lowest BCUT2D eigenvalue weighted by Crippen LogP contribution is -2.35. The molecular weight excluding hydrogens is 236 g/mol. The molecule has 0 heterocycles. The molecule has 0 radical (unpaired) electrons. The molecule has 100 valence electrons. The Hall–Kier alpha value is -1.57. The molecule has 0 saturated heterocycles. The van der Waals surface area contributed by atoms with Crippen molar-refractivity contribution >= 4 is 11.4 Å². The minimum atomic E-state index is 0.0375. The molecule has 1 aromatic rings. The van der Waals surface area contributed by atoms with Crippen molar-refractivity contribution in [1.82, 2.24) is 0 Å². The summed E-state index contributed by atoms with van der Waals surface area (Å²) in [5.74, 6) is 1.09. The highest BCUT2D eigenvalue weighted by molar-refractivity contribution is 6.05. The van der Waals surface area contributed by atoms with Crippen LogP contribution in [0.4, 0.5) is 0 Å². The molecule has 2 aliphatic rings. The summed E-state index contributed by atoms with van der Waals surface area (Å²) in [4.78, 5) is 12.0. The number of carbonyl (C=O) groups is 1. The third-order valence-corrected chi connectivity index (χ3v) is 5.08. The molecule has 0 aromatic heterocycles. The van der Waals surface area contributed by atoms with Crippen LogP contribution in [-0.4, -0.2) is 10.9 Å². The van der Waals surface area contributed by atoms with Gasteiger partial charge in [-0.1, -0.05) is 26.3 Å². The molecule has 2 aliphatic carbocycles. The minimum Gasteiger partial charge on any atom is -0.508 e. The Morgan fingerprint density at radius 2 is 2.16 bits per heavy atom. The van der Waals surface area contributed by atoms with Gasteiger partial charge in [0, 0.05) is 11.8 Å². The Bertz CT molecular complexity index is 571. The van der Waals surface area contributed by atoms with E-state index in [1.807, 2.05) is 18.2 Å². The summed E-state index contributed by atoms with van der Waals surface area (Å²) in [5, 5.41) is 9.67. The third-order valence-electron chi connectivity index (χ3n) is 5.08. The number of allylic oxidation sites excluding steroid dienone is 2. The highest BCUT2D eigenvalue weighted by atomic mass is 16.3. The van der Waals surface area contributed by atoms with Crippen molar-refractivity contribution < 1.29 is 9.90 Å². The van der Waals surface area contributed by atoms with E-state index in [1.54, 1.807) is 6.07 Å². The fourth-order valence-electron chi connectivity index (χ4n) is 4.08. The zero-order valence-corrected chi connectivity index (χ0v) is 11.6. The van der Waals surface area contributed by atoms with Gasteiger partial charge in [-0.05, 0) is 53.7 Å². The van der Waals surface area contributed by atoms with Crippen LogP contribution in [0.2, 0.25) is 0 Å². The van der Waals surface area contributed by atoms with Crippen molar-refractivity contribution in [3.63, 3.8) is 0 Å². The van der Waals surface area contributed by atoms with Crippen molar-refractivity contribution in [3.8, 4) is 5.75 Å². The molecule has 3 rings (SSSR count). The molecule has 0 amide bonds. The van der Waals surface area contributed by atoms with Crippen molar-refractivity contribution in [2.45, 2.75) is 39.5 Å². The topological polar surface area (TPSA) is 37.3 Å². The SMILES string of the molecule is CCC1Cc2cc(O)ccc2C2=CC(=O)CC21CC. The van der Waals surface area contributed by atoms with Gasteiger partial charge in [0.15, 0.2) is 5.78 Å². The molecule has 1 aromatic carbocycles. The van der Waals surface area contributed by atoms with E-state index in [2.05, 4.69) is 13.8 Å². The Morgan fingerprint density at radius 1 is 1.37 bits per heavy atom. The third kappa shape index (κ3) is 1.66. The maximum atomic E-state index is 12.0. The van der Waals surface area contributed by atoms with E-state index in [4.69, 9.17) is 0 Å². The smallest absolute Gasteiger partial charge is 0.156 e. The molecule has 0 fully saturated rings. The molecule has 0 spiro atoms. The summed E-state index contributed by atoms with van der Waals surface area (Å²) < 4.78 is 0. The number of hydrogen-bond donors (Lipinski definition) is 1. The second kappa shape index (κ2) is 4.22. The van der Waals surface area contributed by atoms with Gasteiger partial charge < -0.3 is 5.11 Å². The first kappa shape index (κ1) is 12.5. The molecule has 0 bridgehead atoms. The minimum absolute atomic E-state index is 0.0375. The fraction of sp³-hybridized carbons (Fsp3) is 0.471. The van der Waals surface area contributed by atoms with Crippen LogP contribution in [0, 0.1) is 11.3 Å². The fourth-order valence-corrected chi connectivity index (χ4v) is 4.08. The average Bonchev–Trinajstić information content (AvgIpc) is 2.75. The van der Waals surface area contributed by atoms with E-state index >= 15 is 0 Å². The number of benzene rings is 1. The molecule has 2 atom stereocenters. The van der Waals surface area contributed by atoms with Crippen molar-refractivity contribution in [2.75, 3.05) is 0 Å². The van der Waals surface area contributed by atoms with Gasteiger partial charge in [-0.25, -0.2) is 0 Å². The van der Waals surface area contributed by atoms with E-state index in [9.17, 15) is 9.90 Å². The first-order valence-corrected chi connectivity index (χ1v) is 7.18. The molecule has 2 nitrogen and oxygen atoms in total. The number of aromatic hydroxyl groups is 1. The van der Waals surface area contributed by atoms with Crippen molar-refractivity contribution in [2.24, 2.45) is 11.3 Å². The van der Waals surface area contributed by atoms with Crippen LogP contribution in [-0.2, 0) is 11.2 Å². The first-order valence-electron chi connectivity index (χ1n) is 7.18. The van der Waals surface area contributed by atoms with Gasteiger partial charge in [-0.2, -0.15) is 0 Å². The van der Waals surface area contributed by atoms with E-state index in [0.717, 1.165) is 19.3 Å². The van der Waals surface area contributed by atoms with Gasteiger partial charge in [0.25, 0.3) is 0 Å². The van der Waals surface area contributed by atoms with Crippen LogP contribution in [0.5, 0.6) is 5.75 Å². The first-order chi connectivity index (χ1) is 9.10. The van der Waals surface area contributed by atoms with E-state index in [-0.39, 0.29) is 11.2 Å². The molecule has 1 N–H and O–H groups in total. The van der Waals surface area contributed by atoms with Crippen LogP contribution in [0.25, 0.3) is 5.57 Å². The number of rotatable bonds is 2. The van der Waals surface area contributed by atoms with Crippen molar-refractivity contribution in [1.29, 1.82) is 0 Å². The number of carbonyl (C=O) groups excluding carboxylic acids is 1. The van der Waals surface area contributed by atoms with Gasteiger partial charge in [0.05, 0.1) is 0 Å². The standard InChI is InChI=1S/C17H20O2/c1-3-12-7-11-8-13(18)5-6-15(11)16-9-14(19)10-17(12,16)4-2/h5-6,8-9,12,18H,3-4,7,10H2,1-2H3. The Morgan fingerprint density at radius 3 is 2.84 bits per heavy atom. The lowest BCUT2D eigenvalue weighted by atomic mass is 9.60. The zero-order valence-electron chi connectivity index (χ0n) is 11.6. The second-order valence-corrected chi connectivity index (χ2v) is 5.86. The molecular formula is C17H20O2. The number of phenols is 1. The van der Waals surface area contributed by atoms with Crippen LogP contribution < -0.4 is 0 Å². The van der Waals surface area contributed by atoms with Crippen molar-refractivity contribution in [3.05, 3.63) is 35.4 Å². The number of fused-ring (bicyclic) bond motifs is 3. The van der Waals surface area contributed by atoms with E-state index in [0.29, 0.717) is 18.1 Å². The predicted molar refractivity (Wildman–Crippen MR) is 75.9 cm³/mol. The van der Waals surface area contributed by atoms with Gasteiger partial charge in [0.1, 0.15) is 5.75 Å². The summed E-state index contributed by atoms with van der Waals surface area (Å²) in [6.45, 7) is 4.40. The molecule has 0 saturated carbocycles. The highest BCUT2D eigenvalue weighted by Gasteiger charge is 2.48. The summed E-state index contributed by atoms with van der Waals surface area (Å²) in [6, 6.07) is 5.57.